The molecule has 0 spiro atoms. The lowest BCUT2D eigenvalue weighted by molar-refractivity contribution is -0.175. The molecular weight excluding hydrogens is 344 g/mol. The molecule has 26 heavy (non-hydrogen) atoms. The van der Waals surface area contributed by atoms with Crippen LogP contribution in [0.4, 0.5) is 0 Å². The third-order valence-corrected chi connectivity index (χ3v) is 3.24. The van der Waals surface area contributed by atoms with Crippen molar-refractivity contribution >= 4 is 23.9 Å². The van der Waals surface area contributed by atoms with Crippen molar-refractivity contribution in [1.29, 1.82) is 0 Å². The van der Waals surface area contributed by atoms with Crippen LogP contribution in [-0.4, -0.2) is 41.7 Å². The van der Waals surface area contributed by atoms with Gasteiger partial charge in [-0.25, -0.2) is 9.59 Å². The van der Waals surface area contributed by atoms with E-state index in [4.69, 9.17) is 14.2 Å². The molecule has 0 unspecified atom stereocenters. The number of unbranched alkanes of at least 4 members (excludes halogenated alkanes) is 1. The van der Waals surface area contributed by atoms with Gasteiger partial charge in [0.05, 0.1) is 13.0 Å². The van der Waals surface area contributed by atoms with Crippen LogP contribution in [-0.2, 0) is 33.4 Å². The minimum Gasteiger partial charge on any atom is -0.478 e. The van der Waals surface area contributed by atoms with Gasteiger partial charge in [0.1, 0.15) is 0 Å². The summed E-state index contributed by atoms with van der Waals surface area (Å²) in [6.45, 7) is 3.12. The van der Waals surface area contributed by atoms with Gasteiger partial charge in [0.25, 0.3) is 0 Å². The molecule has 2 atom stereocenters. The zero-order valence-corrected chi connectivity index (χ0v) is 14.7. The molecule has 0 heterocycles. The molecule has 142 valence electrons. The van der Waals surface area contributed by atoms with Crippen LogP contribution >= 0.6 is 0 Å². The van der Waals surface area contributed by atoms with Crippen molar-refractivity contribution in [3.05, 3.63) is 35.9 Å². The summed E-state index contributed by atoms with van der Waals surface area (Å²) in [7, 11) is 0. The Bertz CT molecular complexity index is 625. The average Bonchev–Trinajstić information content (AvgIpc) is 2.59. The standard InChI is InChI=1S/C18H22O8/c1-3-4-10-24-18(23)14(25-12(2)19)11-15(20)26-16(17(21)22)13-8-6-5-7-9-13/h5-9,14,16H,3-4,10-11H2,1-2H3,(H,21,22)/t14-,16-/m0/s1. The van der Waals surface area contributed by atoms with E-state index in [9.17, 15) is 24.3 Å². The van der Waals surface area contributed by atoms with Crippen LogP contribution in [0.15, 0.2) is 30.3 Å². The molecule has 1 rings (SSSR count). The third-order valence-electron chi connectivity index (χ3n) is 3.24. The van der Waals surface area contributed by atoms with Gasteiger partial charge in [-0.05, 0) is 6.42 Å². The molecule has 0 fully saturated rings. The lowest BCUT2D eigenvalue weighted by Gasteiger charge is -2.18. The maximum Gasteiger partial charge on any atom is 0.349 e. The van der Waals surface area contributed by atoms with E-state index in [1.165, 1.54) is 12.1 Å². The number of carbonyl (C=O) groups is 4. The largest absolute Gasteiger partial charge is 0.478 e. The minimum atomic E-state index is -1.53. The predicted molar refractivity (Wildman–Crippen MR) is 88.9 cm³/mol. The highest BCUT2D eigenvalue weighted by molar-refractivity contribution is 5.85. The monoisotopic (exact) mass is 366 g/mol. The molecule has 0 aromatic heterocycles. The summed E-state index contributed by atoms with van der Waals surface area (Å²) < 4.78 is 14.7. The maximum absolute atomic E-state index is 12.1. The van der Waals surface area contributed by atoms with E-state index < -0.39 is 42.5 Å². The highest BCUT2D eigenvalue weighted by Crippen LogP contribution is 2.19. The second-order valence-electron chi connectivity index (χ2n) is 5.44. The number of rotatable bonds is 10. The third kappa shape index (κ3) is 7.33. The molecule has 8 nitrogen and oxygen atoms in total. The number of carboxylic acids is 1. The van der Waals surface area contributed by atoms with Crippen molar-refractivity contribution in [3.63, 3.8) is 0 Å². The molecule has 1 aromatic rings. The van der Waals surface area contributed by atoms with Crippen molar-refractivity contribution in [2.24, 2.45) is 0 Å². The SMILES string of the molecule is CCCCOC(=O)[C@H](CC(=O)O[C@H](C(=O)O)c1ccccc1)OC(C)=O. The number of carbonyl (C=O) groups excluding carboxylic acids is 3. The summed E-state index contributed by atoms with van der Waals surface area (Å²) >= 11 is 0. The van der Waals surface area contributed by atoms with Crippen molar-refractivity contribution < 1.29 is 38.5 Å². The smallest absolute Gasteiger partial charge is 0.349 e. The van der Waals surface area contributed by atoms with Crippen molar-refractivity contribution in [3.8, 4) is 0 Å². The number of esters is 3. The first kappa shape index (κ1) is 21.1. The molecule has 0 amide bonds. The zero-order chi connectivity index (χ0) is 19.5. The van der Waals surface area contributed by atoms with Crippen LogP contribution in [0, 0.1) is 0 Å². The van der Waals surface area contributed by atoms with Crippen LogP contribution in [0.5, 0.6) is 0 Å². The van der Waals surface area contributed by atoms with E-state index in [1.54, 1.807) is 18.2 Å². The van der Waals surface area contributed by atoms with Gasteiger partial charge in [-0.2, -0.15) is 0 Å². The van der Waals surface area contributed by atoms with E-state index in [-0.39, 0.29) is 12.2 Å². The summed E-state index contributed by atoms with van der Waals surface area (Å²) in [5, 5.41) is 9.25. The van der Waals surface area contributed by atoms with Crippen LogP contribution in [0.3, 0.4) is 0 Å². The Hall–Kier alpha value is -2.90. The Morgan fingerprint density at radius 1 is 1.08 bits per heavy atom. The summed E-state index contributed by atoms with van der Waals surface area (Å²) in [6, 6.07) is 7.88. The number of ether oxygens (including phenoxy) is 3. The Kier molecular flexibility index (Phi) is 8.83. The van der Waals surface area contributed by atoms with Crippen LogP contribution in [0.1, 0.15) is 44.8 Å². The average molecular weight is 366 g/mol. The molecule has 1 aromatic carbocycles. The topological polar surface area (TPSA) is 116 Å². The molecule has 0 aliphatic heterocycles. The number of hydrogen-bond donors (Lipinski definition) is 1. The van der Waals surface area contributed by atoms with E-state index in [1.807, 2.05) is 6.92 Å². The normalized spacial score (nSPS) is 12.5. The fourth-order valence-electron chi connectivity index (χ4n) is 2.00. The number of benzene rings is 1. The van der Waals surface area contributed by atoms with Gasteiger partial charge in [0.15, 0.2) is 0 Å². The highest BCUT2D eigenvalue weighted by atomic mass is 16.6. The second kappa shape index (κ2) is 10.9. The number of carboxylic acid groups (broad SMARTS) is 1. The van der Waals surface area contributed by atoms with Crippen molar-refractivity contribution in [1.82, 2.24) is 0 Å². The molecule has 0 saturated carbocycles. The van der Waals surface area contributed by atoms with Gasteiger partial charge in [0.2, 0.25) is 12.2 Å². The van der Waals surface area contributed by atoms with Gasteiger partial charge in [-0.1, -0.05) is 43.7 Å². The van der Waals surface area contributed by atoms with Gasteiger partial charge >= 0.3 is 23.9 Å². The lowest BCUT2D eigenvalue weighted by Crippen LogP contribution is -2.32. The Morgan fingerprint density at radius 2 is 1.73 bits per heavy atom. The Balaban J connectivity index is 2.76. The summed E-state index contributed by atoms with van der Waals surface area (Å²) in [5.74, 6) is -4.01. The molecule has 0 radical (unpaired) electrons. The van der Waals surface area contributed by atoms with E-state index in [2.05, 4.69) is 0 Å². The van der Waals surface area contributed by atoms with Crippen LogP contribution in [0.2, 0.25) is 0 Å². The van der Waals surface area contributed by atoms with E-state index >= 15 is 0 Å². The molecule has 1 N–H and O–H groups in total. The van der Waals surface area contributed by atoms with Gasteiger partial charge < -0.3 is 19.3 Å². The fraction of sp³-hybridized carbons (Fsp3) is 0.444. The first-order chi connectivity index (χ1) is 12.3. The summed E-state index contributed by atoms with van der Waals surface area (Å²) in [6.07, 6.45) is -2.23. The molecule has 0 aliphatic carbocycles. The Morgan fingerprint density at radius 3 is 2.27 bits per heavy atom. The van der Waals surface area contributed by atoms with Crippen LogP contribution in [0.25, 0.3) is 0 Å². The number of aliphatic carboxylic acids is 1. The molecule has 0 aliphatic rings. The van der Waals surface area contributed by atoms with E-state index in [0.29, 0.717) is 6.42 Å². The molecular formula is C18H22O8. The Labute approximate surface area is 151 Å². The van der Waals surface area contributed by atoms with Crippen molar-refractivity contribution in [2.75, 3.05) is 6.61 Å². The van der Waals surface area contributed by atoms with Crippen LogP contribution < -0.4 is 0 Å². The van der Waals surface area contributed by atoms with Gasteiger partial charge in [0, 0.05) is 12.5 Å². The first-order valence-electron chi connectivity index (χ1n) is 8.16. The highest BCUT2D eigenvalue weighted by Gasteiger charge is 2.30. The number of hydrogen-bond acceptors (Lipinski definition) is 7. The zero-order valence-electron chi connectivity index (χ0n) is 14.7. The quantitative estimate of drug-likeness (QED) is 0.380. The maximum atomic E-state index is 12.1. The fourth-order valence-corrected chi connectivity index (χ4v) is 2.00. The molecule has 0 saturated heterocycles. The first-order valence-corrected chi connectivity index (χ1v) is 8.16. The van der Waals surface area contributed by atoms with Crippen molar-refractivity contribution in [2.45, 2.75) is 45.3 Å². The molecule has 0 bridgehead atoms. The summed E-state index contributed by atoms with van der Waals surface area (Å²) in [5.41, 5.74) is 0.267. The minimum absolute atomic E-state index is 0.129. The molecule has 8 heteroatoms. The van der Waals surface area contributed by atoms with E-state index in [0.717, 1.165) is 13.3 Å². The van der Waals surface area contributed by atoms with Gasteiger partial charge in [-0.15, -0.1) is 0 Å². The second-order valence-corrected chi connectivity index (χ2v) is 5.44. The van der Waals surface area contributed by atoms with Gasteiger partial charge in [-0.3, -0.25) is 9.59 Å². The predicted octanol–water partition coefficient (Wildman–Crippen LogP) is 2.02. The summed E-state index contributed by atoms with van der Waals surface area (Å²) in [4.78, 5) is 46.5. The lowest BCUT2D eigenvalue weighted by atomic mass is 10.1.